The number of carboxylic acid groups (broad SMARTS) is 1. The third-order valence-electron chi connectivity index (χ3n) is 3.62. The van der Waals surface area contributed by atoms with E-state index in [9.17, 15) is 14.9 Å². The summed E-state index contributed by atoms with van der Waals surface area (Å²) in [4.78, 5) is 23.2. The molecule has 0 atom stereocenters. The fraction of sp³-hybridized carbons (Fsp3) is 0.190. The quantitative estimate of drug-likeness (QED) is 0.560. The summed E-state index contributed by atoms with van der Waals surface area (Å²) in [6, 6.07) is 12.6. The molecular formula is C21H20N2O5. The van der Waals surface area contributed by atoms with E-state index in [4.69, 9.17) is 14.6 Å². The van der Waals surface area contributed by atoms with Crippen molar-refractivity contribution in [2.75, 3.05) is 12.4 Å². The molecule has 0 fully saturated rings. The van der Waals surface area contributed by atoms with Gasteiger partial charge in [-0.05, 0) is 61.9 Å². The highest BCUT2D eigenvalue weighted by atomic mass is 16.5. The average molecular weight is 380 g/mol. The maximum atomic E-state index is 12.4. The first-order valence-corrected chi connectivity index (χ1v) is 8.45. The molecule has 0 saturated heterocycles. The number of methoxy groups -OCH3 is 1. The molecule has 144 valence electrons. The van der Waals surface area contributed by atoms with Crippen molar-refractivity contribution in [3.8, 4) is 17.6 Å². The lowest BCUT2D eigenvalue weighted by Crippen LogP contribution is -2.13. The fourth-order valence-corrected chi connectivity index (χ4v) is 2.34. The van der Waals surface area contributed by atoms with Crippen molar-refractivity contribution < 1.29 is 24.2 Å². The van der Waals surface area contributed by atoms with Crippen molar-refractivity contribution in [2.45, 2.75) is 20.0 Å². The van der Waals surface area contributed by atoms with Gasteiger partial charge in [0.05, 0.1) is 18.8 Å². The second-order valence-corrected chi connectivity index (χ2v) is 6.08. The van der Waals surface area contributed by atoms with Crippen LogP contribution < -0.4 is 14.8 Å². The number of hydrogen-bond acceptors (Lipinski definition) is 5. The van der Waals surface area contributed by atoms with E-state index in [0.29, 0.717) is 22.7 Å². The number of nitriles is 1. The molecule has 0 aliphatic rings. The standard InChI is InChI=1S/C21H20N2O5/c1-13(2)28-18-9-4-14(11-19(18)27-3)10-16(12-22)20(24)23-17-7-5-15(6-8-17)21(25)26/h4-11,13H,1-3H3,(H,23,24)(H,25,26)/b16-10-. The van der Waals surface area contributed by atoms with Crippen molar-refractivity contribution in [1.29, 1.82) is 5.26 Å². The third kappa shape index (κ3) is 5.35. The molecule has 7 heteroatoms. The molecule has 0 heterocycles. The van der Waals surface area contributed by atoms with Crippen LogP contribution in [0.1, 0.15) is 29.8 Å². The zero-order valence-electron chi connectivity index (χ0n) is 15.7. The molecule has 0 aliphatic carbocycles. The Bertz CT molecular complexity index is 940. The number of carbonyl (C=O) groups excluding carboxylic acids is 1. The van der Waals surface area contributed by atoms with Gasteiger partial charge in [-0.1, -0.05) is 6.07 Å². The van der Waals surface area contributed by atoms with Crippen LogP contribution in [-0.2, 0) is 4.79 Å². The minimum Gasteiger partial charge on any atom is -0.493 e. The first kappa shape index (κ1) is 20.5. The van der Waals surface area contributed by atoms with Crippen LogP contribution in [0.3, 0.4) is 0 Å². The summed E-state index contributed by atoms with van der Waals surface area (Å²) in [6.45, 7) is 3.79. The summed E-state index contributed by atoms with van der Waals surface area (Å²) in [5, 5.41) is 20.8. The maximum Gasteiger partial charge on any atom is 0.335 e. The first-order chi connectivity index (χ1) is 13.3. The second kappa shape index (κ2) is 9.24. The molecule has 7 nitrogen and oxygen atoms in total. The van der Waals surface area contributed by atoms with Crippen molar-refractivity contribution >= 4 is 23.6 Å². The van der Waals surface area contributed by atoms with Crippen LogP contribution in [-0.4, -0.2) is 30.2 Å². The molecule has 0 unspecified atom stereocenters. The molecule has 2 N–H and O–H groups in total. The Hall–Kier alpha value is -3.79. The van der Waals surface area contributed by atoms with E-state index in [1.54, 1.807) is 18.2 Å². The normalized spacial score (nSPS) is 10.9. The summed E-state index contributed by atoms with van der Waals surface area (Å²) in [5.41, 5.74) is 0.974. The smallest absolute Gasteiger partial charge is 0.335 e. The molecular weight excluding hydrogens is 360 g/mol. The lowest BCUT2D eigenvalue weighted by Gasteiger charge is -2.13. The lowest BCUT2D eigenvalue weighted by atomic mass is 10.1. The summed E-state index contributed by atoms with van der Waals surface area (Å²) in [6.07, 6.45) is 1.41. The van der Waals surface area contributed by atoms with Gasteiger partial charge in [0.15, 0.2) is 11.5 Å². The molecule has 0 aliphatic heterocycles. The van der Waals surface area contributed by atoms with E-state index in [1.807, 2.05) is 19.9 Å². The van der Waals surface area contributed by atoms with Crippen LogP contribution in [0, 0.1) is 11.3 Å². The Balaban J connectivity index is 2.21. The summed E-state index contributed by atoms with van der Waals surface area (Å²) in [7, 11) is 1.51. The van der Waals surface area contributed by atoms with E-state index >= 15 is 0 Å². The van der Waals surface area contributed by atoms with Gasteiger partial charge in [0.25, 0.3) is 5.91 Å². The van der Waals surface area contributed by atoms with Crippen LogP contribution in [0.25, 0.3) is 6.08 Å². The summed E-state index contributed by atoms with van der Waals surface area (Å²) >= 11 is 0. The number of nitrogens with zero attached hydrogens (tertiary/aromatic N) is 1. The zero-order chi connectivity index (χ0) is 20.7. The number of anilines is 1. The topological polar surface area (TPSA) is 109 Å². The van der Waals surface area contributed by atoms with Gasteiger partial charge in [-0.25, -0.2) is 4.79 Å². The highest BCUT2D eigenvalue weighted by Crippen LogP contribution is 2.29. The minimum atomic E-state index is -1.06. The Morgan fingerprint density at radius 3 is 2.36 bits per heavy atom. The first-order valence-electron chi connectivity index (χ1n) is 8.45. The highest BCUT2D eigenvalue weighted by Gasteiger charge is 2.12. The van der Waals surface area contributed by atoms with Crippen molar-refractivity contribution in [2.24, 2.45) is 0 Å². The zero-order valence-corrected chi connectivity index (χ0v) is 15.7. The highest BCUT2D eigenvalue weighted by molar-refractivity contribution is 6.09. The number of nitrogens with one attached hydrogen (secondary N) is 1. The van der Waals surface area contributed by atoms with Gasteiger partial charge in [0.1, 0.15) is 11.6 Å². The van der Waals surface area contributed by atoms with Gasteiger partial charge in [0.2, 0.25) is 0 Å². The molecule has 2 aromatic carbocycles. The van der Waals surface area contributed by atoms with E-state index in [1.165, 1.54) is 37.5 Å². The molecule has 0 saturated carbocycles. The summed E-state index contributed by atoms with van der Waals surface area (Å²) < 4.78 is 10.9. The van der Waals surface area contributed by atoms with Gasteiger partial charge in [-0.15, -0.1) is 0 Å². The number of carbonyl (C=O) groups is 2. The van der Waals surface area contributed by atoms with Gasteiger partial charge in [0, 0.05) is 5.69 Å². The van der Waals surface area contributed by atoms with Crippen molar-refractivity contribution in [1.82, 2.24) is 0 Å². The van der Waals surface area contributed by atoms with Crippen LogP contribution in [0.5, 0.6) is 11.5 Å². The molecule has 0 radical (unpaired) electrons. The van der Waals surface area contributed by atoms with Gasteiger partial charge < -0.3 is 19.9 Å². The van der Waals surface area contributed by atoms with E-state index in [0.717, 1.165) is 0 Å². The minimum absolute atomic E-state index is 0.0248. The van der Waals surface area contributed by atoms with Gasteiger partial charge in [-0.2, -0.15) is 5.26 Å². The number of amides is 1. The third-order valence-corrected chi connectivity index (χ3v) is 3.62. The molecule has 0 aromatic heterocycles. The Kier molecular flexibility index (Phi) is 6.77. The Morgan fingerprint density at radius 1 is 1.14 bits per heavy atom. The lowest BCUT2D eigenvalue weighted by molar-refractivity contribution is -0.112. The van der Waals surface area contributed by atoms with E-state index in [-0.39, 0.29) is 17.2 Å². The van der Waals surface area contributed by atoms with Crippen molar-refractivity contribution in [3.05, 3.63) is 59.2 Å². The monoisotopic (exact) mass is 380 g/mol. The van der Waals surface area contributed by atoms with Crippen LogP contribution in [0.15, 0.2) is 48.0 Å². The summed E-state index contributed by atoms with van der Waals surface area (Å²) in [5.74, 6) is -0.609. The molecule has 0 bridgehead atoms. The predicted molar refractivity (Wildman–Crippen MR) is 104 cm³/mol. The number of carboxylic acids is 1. The number of hydrogen-bond donors (Lipinski definition) is 2. The van der Waals surface area contributed by atoms with E-state index in [2.05, 4.69) is 5.32 Å². The molecule has 28 heavy (non-hydrogen) atoms. The fourth-order valence-electron chi connectivity index (χ4n) is 2.34. The molecule has 0 spiro atoms. The van der Waals surface area contributed by atoms with Crippen LogP contribution >= 0.6 is 0 Å². The van der Waals surface area contributed by atoms with Crippen LogP contribution in [0.2, 0.25) is 0 Å². The van der Waals surface area contributed by atoms with Gasteiger partial charge in [-0.3, -0.25) is 4.79 Å². The second-order valence-electron chi connectivity index (χ2n) is 6.08. The molecule has 2 rings (SSSR count). The number of rotatable bonds is 7. The van der Waals surface area contributed by atoms with Crippen molar-refractivity contribution in [3.63, 3.8) is 0 Å². The predicted octanol–water partition coefficient (Wildman–Crippen LogP) is 3.73. The van der Waals surface area contributed by atoms with Gasteiger partial charge >= 0.3 is 5.97 Å². The Labute approximate surface area is 162 Å². The molecule has 2 aromatic rings. The number of ether oxygens (including phenoxy) is 2. The SMILES string of the molecule is COc1cc(/C=C(/C#N)C(=O)Nc2ccc(C(=O)O)cc2)ccc1OC(C)C. The largest absolute Gasteiger partial charge is 0.493 e. The van der Waals surface area contributed by atoms with Crippen LogP contribution in [0.4, 0.5) is 5.69 Å². The average Bonchev–Trinajstić information content (AvgIpc) is 2.66. The number of benzene rings is 2. The molecule has 1 amide bonds. The maximum absolute atomic E-state index is 12.4. The number of aromatic carboxylic acids is 1. The van der Waals surface area contributed by atoms with E-state index < -0.39 is 11.9 Å². The Morgan fingerprint density at radius 2 is 1.82 bits per heavy atom.